The number of hydrogen-bond acceptors (Lipinski definition) is 6. The van der Waals surface area contributed by atoms with Crippen molar-refractivity contribution in [1.29, 1.82) is 0 Å². The largest absolute Gasteiger partial charge is 0.617 e. The molecule has 5 atom stereocenters. The first-order valence-corrected chi connectivity index (χ1v) is 13.4. The van der Waals surface area contributed by atoms with Gasteiger partial charge in [-0.05, 0) is 38.0 Å². The second kappa shape index (κ2) is 16.1. The Hall–Kier alpha value is -1.60. The number of ketones is 1. The van der Waals surface area contributed by atoms with E-state index < -0.39 is 29.2 Å². The number of unbranched alkanes of at least 4 members (excludes halogenated alkanes) is 4. The molecular weight excluding hydrogens is 428 g/mol. The molecule has 0 N–H and O–H groups in total. The van der Waals surface area contributed by atoms with Crippen LogP contribution in [0.25, 0.3) is 0 Å². The molecule has 0 radical (unpaired) electrons. The molecule has 7 heteroatoms. The maximum absolute atomic E-state index is 12.7. The molecule has 0 aliphatic heterocycles. The first kappa shape index (κ1) is 28.4. The number of carbonyl (C=O) groups excluding carboxylic acids is 3. The maximum atomic E-state index is 12.7. The minimum atomic E-state index is -0.932. The molecule has 1 fully saturated rings. The van der Waals surface area contributed by atoms with Crippen LogP contribution in [0.15, 0.2) is 24.3 Å². The molecular formula is C25H40O6S. The number of rotatable bonds is 15. The van der Waals surface area contributed by atoms with E-state index in [4.69, 9.17) is 4.74 Å². The smallest absolute Gasteiger partial charge is 0.347 e. The fourth-order valence-corrected chi connectivity index (χ4v) is 5.19. The van der Waals surface area contributed by atoms with Crippen LogP contribution < -0.4 is 0 Å². The first-order chi connectivity index (χ1) is 15.3. The highest BCUT2D eigenvalue weighted by Gasteiger charge is 2.41. The van der Waals surface area contributed by atoms with Crippen LogP contribution in [0, 0.1) is 17.8 Å². The van der Waals surface area contributed by atoms with E-state index in [9.17, 15) is 18.9 Å². The summed E-state index contributed by atoms with van der Waals surface area (Å²) in [5.74, 6) is -0.157. The van der Waals surface area contributed by atoms with Gasteiger partial charge >= 0.3 is 11.9 Å². The van der Waals surface area contributed by atoms with Crippen molar-refractivity contribution in [3.8, 4) is 0 Å². The molecule has 0 bridgehead atoms. The monoisotopic (exact) mass is 468 g/mol. The van der Waals surface area contributed by atoms with E-state index in [1.54, 1.807) is 6.26 Å². The summed E-state index contributed by atoms with van der Waals surface area (Å²) in [5.41, 5.74) is 0. The number of esters is 2. The zero-order chi connectivity index (χ0) is 23.9. The minimum absolute atomic E-state index is 0.100. The molecule has 1 saturated carbocycles. The molecule has 2 unspecified atom stereocenters. The van der Waals surface area contributed by atoms with E-state index >= 15 is 0 Å². The van der Waals surface area contributed by atoms with Gasteiger partial charge in [0.1, 0.15) is 11.5 Å². The van der Waals surface area contributed by atoms with Gasteiger partial charge in [-0.3, -0.25) is 9.59 Å². The summed E-state index contributed by atoms with van der Waals surface area (Å²) in [6.45, 7) is 3.45. The highest BCUT2D eigenvalue weighted by atomic mass is 32.2. The lowest BCUT2D eigenvalue weighted by Crippen LogP contribution is -2.27. The van der Waals surface area contributed by atoms with Crippen LogP contribution in [-0.2, 0) is 35.0 Å². The number of carbonyl (C=O) groups is 3. The molecule has 32 heavy (non-hydrogen) atoms. The number of methoxy groups -OCH3 is 1. The van der Waals surface area contributed by atoms with Crippen LogP contribution in [0.4, 0.5) is 0 Å². The normalized spacial score (nSPS) is 23.0. The number of hydrogen-bond donors (Lipinski definition) is 0. The molecule has 1 rings (SSSR count). The Labute approximate surface area is 196 Å². The summed E-state index contributed by atoms with van der Waals surface area (Å²) in [7, 11) is 1.26. The topological polar surface area (TPSA) is 92.7 Å². The average molecular weight is 469 g/mol. The van der Waals surface area contributed by atoms with Crippen molar-refractivity contribution in [2.24, 2.45) is 17.8 Å². The standard InChI is InChI=1S/C25H40O6S/c1-5-6-7-8-9-11-14-21-20(18-32(4)29)17-23(27)22(21)15-12-10-13-16-24(25(28)30-3)31-19(2)26/h10-12,14,20-22,24H,5-9,13,15-18H2,1-4H3/b12-10-,14-11+/t20-,21-,22+,24?,32?/m0/s1. The second-order valence-corrected chi connectivity index (χ2v) is 10.0. The summed E-state index contributed by atoms with van der Waals surface area (Å²) in [5, 5.41) is 0. The summed E-state index contributed by atoms with van der Waals surface area (Å²) in [6.07, 6.45) is 16.9. The van der Waals surface area contributed by atoms with Crippen LogP contribution in [0.3, 0.4) is 0 Å². The van der Waals surface area contributed by atoms with Gasteiger partial charge in [0.15, 0.2) is 6.10 Å². The Morgan fingerprint density at radius 1 is 1.19 bits per heavy atom. The molecule has 0 saturated heterocycles. The third kappa shape index (κ3) is 10.8. The van der Waals surface area contributed by atoms with Gasteiger partial charge in [-0.2, -0.15) is 0 Å². The van der Waals surface area contributed by atoms with Crippen molar-refractivity contribution in [3.63, 3.8) is 0 Å². The Bertz CT molecular complexity index is 642. The lowest BCUT2D eigenvalue weighted by molar-refractivity contribution is -0.165. The van der Waals surface area contributed by atoms with E-state index in [1.165, 1.54) is 33.3 Å². The molecule has 1 aliphatic rings. The molecule has 6 nitrogen and oxygen atoms in total. The van der Waals surface area contributed by atoms with Crippen LogP contribution >= 0.6 is 0 Å². The highest BCUT2D eigenvalue weighted by molar-refractivity contribution is 7.90. The number of ether oxygens (including phenoxy) is 2. The molecule has 0 spiro atoms. The SMILES string of the molecule is CCCCCC/C=C/[C@H]1[C@H](C[S+](C)[O-])CC(=O)[C@@H]1C/C=C\CCC(OC(C)=O)C(=O)OC. The molecule has 0 aromatic rings. The predicted molar refractivity (Wildman–Crippen MR) is 127 cm³/mol. The average Bonchev–Trinajstić information content (AvgIpc) is 3.02. The van der Waals surface area contributed by atoms with Gasteiger partial charge in [-0.15, -0.1) is 0 Å². The second-order valence-electron chi connectivity index (χ2n) is 8.54. The van der Waals surface area contributed by atoms with Crippen molar-refractivity contribution in [2.45, 2.75) is 77.7 Å². The van der Waals surface area contributed by atoms with E-state index in [0.717, 1.165) is 12.8 Å². The van der Waals surface area contributed by atoms with Gasteiger partial charge in [-0.1, -0.05) is 61.7 Å². The van der Waals surface area contributed by atoms with Crippen molar-refractivity contribution < 1.29 is 28.4 Å². The van der Waals surface area contributed by atoms with Crippen LogP contribution in [0.5, 0.6) is 0 Å². The van der Waals surface area contributed by atoms with Crippen molar-refractivity contribution in [2.75, 3.05) is 19.1 Å². The maximum Gasteiger partial charge on any atom is 0.347 e. The van der Waals surface area contributed by atoms with Crippen LogP contribution in [-0.4, -0.2) is 47.5 Å². The third-order valence-electron chi connectivity index (χ3n) is 5.84. The Morgan fingerprint density at radius 2 is 1.94 bits per heavy atom. The van der Waals surface area contributed by atoms with Gasteiger partial charge in [0.05, 0.1) is 13.4 Å². The van der Waals surface area contributed by atoms with Crippen molar-refractivity contribution in [3.05, 3.63) is 24.3 Å². The Kier molecular flexibility index (Phi) is 14.3. The molecule has 1 aliphatic carbocycles. The lowest BCUT2D eigenvalue weighted by atomic mass is 9.87. The van der Waals surface area contributed by atoms with E-state index in [0.29, 0.717) is 31.4 Å². The summed E-state index contributed by atoms with van der Waals surface area (Å²) in [6, 6.07) is 0. The molecule has 0 heterocycles. The quantitative estimate of drug-likeness (QED) is 0.152. The fraction of sp³-hybridized carbons (Fsp3) is 0.720. The molecule has 0 aromatic carbocycles. The van der Waals surface area contributed by atoms with Gasteiger partial charge < -0.3 is 14.0 Å². The summed E-state index contributed by atoms with van der Waals surface area (Å²) in [4.78, 5) is 35.6. The Morgan fingerprint density at radius 3 is 2.56 bits per heavy atom. The fourth-order valence-electron chi connectivity index (χ4n) is 4.25. The zero-order valence-corrected chi connectivity index (χ0v) is 20.9. The number of Topliss-reactive ketones (excluding diaryl/α,β-unsaturated/α-hetero) is 1. The van der Waals surface area contributed by atoms with E-state index in [1.807, 2.05) is 12.2 Å². The van der Waals surface area contributed by atoms with E-state index in [2.05, 4.69) is 23.8 Å². The number of allylic oxidation sites excluding steroid dienone is 4. The first-order valence-electron chi connectivity index (χ1n) is 11.7. The van der Waals surface area contributed by atoms with Gasteiger partial charge in [-0.25, -0.2) is 4.79 Å². The van der Waals surface area contributed by atoms with Gasteiger partial charge in [0.25, 0.3) is 0 Å². The predicted octanol–water partition coefficient (Wildman–Crippen LogP) is 4.54. The minimum Gasteiger partial charge on any atom is -0.617 e. The molecule has 182 valence electrons. The zero-order valence-electron chi connectivity index (χ0n) is 20.0. The lowest BCUT2D eigenvalue weighted by Gasteiger charge is -2.20. The summed E-state index contributed by atoms with van der Waals surface area (Å²) < 4.78 is 21.5. The van der Waals surface area contributed by atoms with Crippen LogP contribution in [0.1, 0.15) is 71.6 Å². The molecule has 0 amide bonds. The van der Waals surface area contributed by atoms with Crippen molar-refractivity contribution >= 4 is 28.9 Å². The highest BCUT2D eigenvalue weighted by Crippen LogP contribution is 2.38. The third-order valence-corrected chi connectivity index (χ3v) is 6.74. The Balaban J connectivity index is 2.66. The summed E-state index contributed by atoms with van der Waals surface area (Å²) >= 11 is -0.932. The van der Waals surface area contributed by atoms with Crippen LogP contribution in [0.2, 0.25) is 0 Å². The molecule has 0 aromatic heterocycles. The van der Waals surface area contributed by atoms with Crippen molar-refractivity contribution in [1.82, 2.24) is 0 Å². The van der Waals surface area contributed by atoms with Gasteiger partial charge in [0.2, 0.25) is 0 Å². The van der Waals surface area contributed by atoms with Gasteiger partial charge in [0, 0.05) is 25.2 Å². The van der Waals surface area contributed by atoms with E-state index in [-0.39, 0.29) is 23.5 Å².